The summed E-state index contributed by atoms with van der Waals surface area (Å²) >= 11 is 0. The zero-order valence-corrected chi connectivity index (χ0v) is 16.1. The van der Waals surface area contributed by atoms with Crippen molar-refractivity contribution in [3.63, 3.8) is 0 Å². The molecule has 4 aliphatic rings. The molecule has 0 aromatic heterocycles. The number of carbonyl (C=O) groups excluding carboxylic acids is 1. The molecule has 3 N–H and O–H groups in total. The van der Waals surface area contributed by atoms with Gasteiger partial charge in [-0.2, -0.15) is 0 Å². The molecular weight excluding hydrogens is 328 g/mol. The van der Waals surface area contributed by atoms with E-state index in [2.05, 4.69) is 0 Å². The number of quaternary nitrogens is 2. The summed E-state index contributed by atoms with van der Waals surface area (Å²) in [7, 11) is 0. The van der Waals surface area contributed by atoms with E-state index in [1.807, 2.05) is 0 Å². The number of hydrogen-bond donors (Lipinski definition) is 3. The van der Waals surface area contributed by atoms with Gasteiger partial charge in [0.05, 0.1) is 12.6 Å². The van der Waals surface area contributed by atoms with E-state index >= 15 is 0 Å². The highest BCUT2D eigenvalue weighted by Crippen LogP contribution is 2.45. The molecule has 3 saturated carbocycles. The van der Waals surface area contributed by atoms with Crippen molar-refractivity contribution in [2.75, 3.05) is 13.1 Å². The van der Waals surface area contributed by atoms with Crippen molar-refractivity contribution in [1.82, 2.24) is 0 Å². The molecule has 0 radical (unpaired) electrons. The predicted octanol–water partition coefficient (Wildman–Crippen LogP) is 1.15. The molecule has 0 aromatic rings. The topological polar surface area (TPSA) is 69.2 Å². The van der Waals surface area contributed by atoms with Crippen molar-refractivity contribution in [2.45, 2.75) is 89.1 Å². The molecule has 5 nitrogen and oxygen atoms in total. The highest BCUT2D eigenvalue weighted by Gasteiger charge is 2.47. The maximum absolute atomic E-state index is 13.0. The van der Waals surface area contributed by atoms with Gasteiger partial charge < -0.3 is 10.1 Å². The van der Waals surface area contributed by atoms with E-state index in [-0.39, 0.29) is 12.0 Å². The number of Topliss-reactive ketones (excluding diaryl/α,β-unsaturated/α-hetero) is 1. The molecule has 1 heterocycles. The summed E-state index contributed by atoms with van der Waals surface area (Å²) in [4.78, 5) is 14.5. The van der Waals surface area contributed by atoms with Crippen molar-refractivity contribution >= 4 is 5.78 Å². The number of rotatable bonds is 4. The van der Waals surface area contributed by atoms with Gasteiger partial charge in [-0.1, -0.05) is 19.3 Å². The Labute approximate surface area is 157 Å². The van der Waals surface area contributed by atoms with Crippen LogP contribution < -0.4 is 10.1 Å². The molecule has 0 bridgehead atoms. The molecule has 1 aliphatic heterocycles. The maximum atomic E-state index is 13.0. The van der Waals surface area contributed by atoms with Crippen LogP contribution in [0, 0.1) is 28.9 Å². The number of piperidine rings is 1. The van der Waals surface area contributed by atoms with Crippen LogP contribution in [0.25, 0.3) is 0 Å². The minimum Gasteiger partial charge on any atom is -0.600 e. The zero-order chi connectivity index (χ0) is 18.1. The lowest BCUT2D eigenvalue weighted by Crippen LogP contribution is -3.18. The van der Waals surface area contributed by atoms with E-state index in [1.54, 1.807) is 4.90 Å². The summed E-state index contributed by atoms with van der Waals surface area (Å²) in [6.07, 6.45) is 14.2. The van der Waals surface area contributed by atoms with E-state index in [0.717, 1.165) is 43.6 Å². The third kappa shape index (κ3) is 3.87. The van der Waals surface area contributed by atoms with Gasteiger partial charge in [0.25, 0.3) is 0 Å². The molecule has 0 aromatic carbocycles. The Morgan fingerprint density at radius 3 is 2.62 bits per heavy atom. The lowest BCUT2D eigenvalue weighted by Gasteiger charge is -2.50. The Balaban J connectivity index is 1.37. The van der Waals surface area contributed by atoms with Gasteiger partial charge in [-0.3, -0.25) is 4.79 Å². The Hall–Kier alpha value is -0.490. The van der Waals surface area contributed by atoms with Gasteiger partial charge in [-0.25, -0.2) is 10.4 Å². The zero-order valence-electron chi connectivity index (χ0n) is 16.1. The van der Waals surface area contributed by atoms with Crippen molar-refractivity contribution in [2.24, 2.45) is 23.7 Å². The van der Waals surface area contributed by atoms with Crippen LogP contribution in [0.2, 0.25) is 0 Å². The first-order valence-corrected chi connectivity index (χ1v) is 11.2. The quantitative estimate of drug-likeness (QED) is 0.655. The molecule has 8 unspecified atom stereocenters. The average molecular weight is 366 g/mol. The van der Waals surface area contributed by atoms with Gasteiger partial charge in [0, 0.05) is 24.7 Å². The van der Waals surface area contributed by atoms with Crippen LogP contribution in [0.3, 0.4) is 0 Å². The number of ketones is 1. The van der Waals surface area contributed by atoms with Gasteiger partial charge in [0.2, 0.25) is 0 Å². The number of hydrogen-bond acceptors (Lipinski definition) is 3. The van der Waals surface area contributed by atoms with Crippen molar-refractivity contribution < 1.29 is 20.1 Å². The second-order valence-corrected chi connectivity index (χ2v) is 9.65. The van der Waals surface area contributed by atoms with E-state index in [0.29, 0.717) is 24.8 Å². The normalized spacial score (nSPS) is 44.6. The highest BCUT2D eigenvalue weighted by atomic mass is 16.8. The van der Waals surface area contributed by atoms with Gasteiger partial charge in [0.15, 0.2) is 5.78 Å². The van der Waals surface area contributed by atoms with Crippen LogP contribution in [0.15, 0.2) is 0 Å². The summed E-state index contributed by atoms with van der Waals surface area (Å²) in [5.74, 6) is 3.11. The fraction of sp³-hybridized carbons (Fsp3) is 0.952. The summed E-state index contributed by atoms with van der Waals surface area (Å²) in [5.41, 5.74) is 0. The number of likely N-dealkylation sites (tertiary alicyclic amines) is 1. The Morgan fingerprint density at radius 1 is 0.962 bits per heavy atom. The highest BCUT2D eigenvalue weighted by molar-refractivity contribution is 5.82. The Bertz CT molecular complexity index is 498. The van der Waals surface area contributed by atoms with Crippen LogP contribution in [0.4, 0.5) is 0 Å². The summed E-state index contributed by atoms with van der Waals surface area (Å²) < 4.78 is 0. The number of nitrogens with one attached hydrogen (secondary N) is 2. The van der Waals surface area contributed by atoms with Crippen LogP contribution in [-0.2, 0) is 4.79 Å². The molecule has 4 rings (SSSR count). The van der Waals surface area contributed by atoms with Gasteiger partial charge >= 0.3 is 0 Å². The van der Waals surface area contributed by atoms with E-state index in [4.69, 9.17) is 0 Å². The van der Waals surface area contributed by atoms with Crippen LogP contribution in [-0.4, -0.2) is 36.2 Å². The average Bonchev–Trinajstić information content (AvgIpc) is 2.68. The van der Waals surface area contributed by atoms with Crippen LogP contribution >= 0.6 is 0 Å². The molecular formula is C21H37N2O3+. The van der Waals surface area contributed by atoms with Gasteiger partial charge in [-0.05, 0) is 56.8 Å². The minimum absolute atomic E-state index is 0.00347. The maximum Gasteiger partial charge on any atom is 0.190 e. The number of hydroxylamine groups is 2. The monoisotopic (exact) mass is 365 g/mol. The molecule has 5 heteroatoms. The third-order valence-electron chi connectivity index (χ3n) is 8.32. The summed E-state index contributed by atoms with van der Waals surface area (Å²) in [6.45, 7) is 1.81. The molecule has 0 amide bonds. The first-order chi connectivity index (χ1) is 12.6. The lowest BCUT2D eigenvalue weighted by molar-refractivity contribution is -1.07. The molecule has 1 saturated heterocycles. The fourth-order valence-electron chi connectivity index (χ4n) is 7.03. The van der Waals surface area contributed by atoms with Crippen LogP contribution in [0.5, 0.6) is 0 Å². The summed E-state index contributed by atoms with van der Waals surface area (Å²) in [5, 5.41) is 19.9. The standard InChI is InChI=1S/C21H36N2O3/c24-21(16-6-3-7-17(13-16)23(25)26)14-22-12-4-9-19-18-8-2-1-5-15(18)10-11-20(19)22/h15-20,23,25H,1-14H2/p+1. The SMILES string of the molecule is O=C(C[NH+]1CCCC2C3CCCCC3CCC21)C1CCCC([NH+]([O-])O)C1. The second kappa shape index (κ2) is 8.26. The molecule has 8 atom stereocenters. The van der Waals surface area contributed by atoms with Crippen LogP contribution in [0.1, 0.15) is 77.0 Å². The number of carbonyl (C=O) groups is 1. The lowest BCUT2D eigenvalue weighted by atomic mass is 9.61. The molecule has 4 fully saturated rings. The first kappa shape index (κ1) is 18.9. The predicted molar refractivity (Wildman–Crippen MR) is 98.8 cm³/mol. The molecule has 148 valence electrons. The minimum atomic E-state index is -0.705. The Kier molecular flexibility index (Phi) is 5.99. The fourth-order valence-corrected chi connectivity index (χ4v) is 7.03. The third-order valence-corrected chi connectivity index (χ3v) is 8.32. The van der Waals surface area contributed by atoms with Gasteiger partial charge in [0.1, 0.15) is 12.6 Å². The van der Waals surface area contributed by atoms with Crippen molar-refractivity contribution in [3.05, 3.63) is 5.21 Å². The summed E-state index contributed by atoms with van der Waals surface area (Å²) in [6, 6.07) is 0.408. The largest absolute Gasteiger partial charge is 0.600 e. The molecule has 3 aliphatic carbocycles. The van der Waals surface area contributed by atoms with Gasteiger partial charge in [-0.15, -0.1) is 0 Å². The van der Waals surface area contributed by atoms with Crippen molar-refractivity contribution in [3.8, 4) is 0 Å². The van der Waals surface area contributed by atoms with E-state index in [9.17, 15) is 15.2 Å². The first-order valence-electron chi connectivity index (χ1n) is 11.2. The van der Waals surface area contributed by atoms with E-state index in [1.165, 1.54) is 51.4 Å². The molecule has 0 spiro atoms. The molecule has 26 heavy (non-hydrogen) atoms. The number of fused-ring (bicyclic) bond motifs is 3. The van der Waals surface area contributed by atoms with E-state index < -0.39 is 5.23 Å². The van der Waals surface area contributed by atoms with Crippen molar-refractivity contribution in [1.29, 1.82) is 0 Å². The smallest absolute Gasteiger partial charge is 0.190 e. The second-order valence-electron chi connectivity index (χ2n) is 9.65. The Morgan fingerprint density at radius 2 is 1.77 bits per heavy atom.